The molecule has 0 spiro atoms. The zero-order chi connectivity index (χ0) is 22.5. The predicted molar refractivity (Wildman–Crippen MR) is 140 cm³/mol. The average Bonchev–Trinajstić information content (AvgIpc) is 3.35. The molecule has 0 unspecified atom stereocenters. The van der Waals surface area contributed by atoms with Crippen molar-refractivity contribution in [1.82, 2.24) is 14.7 Å². The number of thioether (sulfide) groups is 2. The monoisotopic (exact) mass is 479 g/mol. The van der Waals surface area contributed by atoms with Crippen LogP contribution in [0.3, 0.4) is 0 Å². The quantitative estimate of drug-likeness (QED) is 0.205. The van der Waals surface area contributed by atoms with Gasteiger partial charge >= 0.3 is 0 Å². The van der Waals surface area contributed by atoms with Crippen molar-refractivity contribution in [2.45, 2.75) is 31.6 Å². The van der Waals surface area contributed by atoms with E-state index in [0.717, 1.165) is 41.1 Å². The zero-order valence-electron chi connectivity index (χ0n) is 18.2. The first kappa shape index (κ1) is 22.8. The SMILES string of the molecule is CCCCN1C(=O)C(=Cc2cn(-c3ccccc3)nc2-c2ccc(SCC)cc2)SC1=S. The van der Waals surface area contributed by atoms with E-state index in [1.807, 2.05) is 59.0 Å². The fraction of sp³-hybridized carbons (Fsp3) is 0.240. The van der Waals surface area contributed by atoms with Crippen LogP contribution in [0.5, 0.6) is 0 Å². The number of hydrogen-bond acceptors (Lipinski definition) is 5. The molecule has 7 heteroatoms. The Kier molecular flexibility index (Phi) is 7.50. The molecule has 0 saturated carbocycles. The summed E-state index contributed by atoms with van der Waals surface area (Å²) < 4.78 is 2.50. The molecular weight excluding hydrogens is 454 g/mol. The van der Waals surface area contributed by atoms with Crippen molar-refractivity contribution in [3.05, 3.63) is 71.3 Å². The minimum absolute atomic E-state index is 0.0124. The Morgan fingerprint density at radius 1 is 1.09 bits per heavy atom. The van der Waals surface area contributed by atoms with Crippen molar-refractivity contribution in [3.63, 3.8) is 0 Å². The predicted octanol–water partition coefficient (Wildman–Crippen LogP) is 6.65. The molecule has 1 amide bonds. The van der Waals surface area contributed by atoms with E-state index < -0.39 is 0 Å². The van der Waals surface area contributed by atoms with Crippen LogP contribution in [0.1, 0.15) is 32.3 Å². The first-order valence-corrected chi connectivity index (χ1v) is 13.0. The van der Waals surface area contributed by atoms with Gasteiger partial charge in [-0.05, 0) is 42.5 Å². The summed E-state index contributed by atoms with van der Waals surface area (Å²) in [4.78, 5) is 16.6. The van der Waals surface area contributed by atoms with Gasteiger partial charge in [-0.3, -0.25) is 9.69 Å². The molecule has 164 valence electrons. The highest BCUT2D eigenvalue weighted by Gasteiger charge is 2.31. The lowest BCUT2D eigenvalue weighted by Gasteiger charge is -2.12. The summed E-state index contributed by atoms with van der Waals surface area (Å²) in [6, 6.07) is 18.5. The summed E-state index contributed by atoms with van der Waals surface area (Å²) in [5, 5.41) is 4.88. The molecule has 0 N–H and O–H groups in total. The maximum atomic E-state index is 13.0. The Labute approximate surface area is 203 Å². The Morgan fingerprint density at radius 2 is 1.84 bits per heavy atom. The van der Waals surface area contributed by atoms with Crippen LogP contribution in [0.15, 0.2) is 70.6 Å². The number of benzene rings is 2. The van der Waals surface area contributed by atoms with Crippen LogP contribution < -0.4 is 0 Å². The van der Waals surface area contributed by atoms with Gasteiger partial charge in [0.25, 0.3) is 5.91 Å². The Morgan fingerprint density at radius 3 is 2.53 bits per heavy atom. The number of para-hydroxylation sites is 1. The topological polar surface area (TPSA) is 38.1 Å². The van der Waals surface area contributed by atoms with Gasteiger partial charge in [-0.25, -0.2) is 4.68 Å². The lowest BCUT2D eigenvalue weighted by atomic mass is 10.1. The lowest BCUT2D eigenvalue weighted by Crippen LogP contribution is -2.28. The molecule has 2 aromatic carbocycles. The molecule has 4 nitrogen and oxygen atoms in total. The minimum Gasteiger partial charge on any atom is -0.293 e. The standard InChI is InChI=1S/C25H25N3OS3/c1-3-5-15-27-24(29)22(32-25(27)30)16-19-17-28(20-9-7-6-8-10-20)26-23(19)18-11-13-21(14-12-18)31-4-2/h6-14,16-17H,3-5,15H2,1-2H3. The lowest BCUT2D eigenvalue weighted by molar-refractivity contribution is -0.122. The number of carbonyl (C=O) groups is 1. The Bertz CT molecular complexity index is 1140. The van der Waals surface area contributed by atoms with Crippen LogP contribution >= 0.6 is 35.7 Å². The van der Waals surface area contributed by atoms with E-state index in [1.54, 1.807) is 4.90 Å². The molecule has 1 aliphatic heterocycles. The maximum Gasteiger partial charge on any atom is 0.266 e. The van der Waals surface area contributed by atoms with Gasteiger partial charge in [0, 0.05) is 28.8 Å². The van der Waals surface area contributed by atoms with E-state index in [4.69, 9.17) is 17.3 Å². The Balaban J connectivity index is 1.73. The van der Waals surface area contributed by atoms with Gasteiger partial charge in [-0.1, -0.05) is 74.6 Å². The van der Waals surface area contributed by atoms with Crippen molar-refractivity contribution in [1.29, 1.82) is 0 Å². The normalized spacial score (nSPS) is 15.2. The van der Waals surface area contributed by atoms with E-state index in [0.29, 0.717) is 15.8 Å². The van der Waals surface area contributed by atoms with Crippen LogP contribution in [0, 0.1) is 0 Å². The van der Waals surface area contributed by atoms with E-state index in [9.17, 15) is 4.79 Å². The number of nitrogens with zero attached hydrogens (tertiary/aromatic N) is 3. The smallest absolute Gasteiger partial charge is 0.266 e. The molecule has 1 saturated heterocycles. The fourth-order valence-corrected chi connectivity index (χ4v) is 5.42. The molecule has 1 fully saturated rings. The molecule has 0 aliphatic carbocycles. The second kappa shape index (κ2) is 10.5. The van der Waals surface area contributed by atoms with Gasteiger partial charge in [0.05, 0.1) is 16.3 Å². The molecule has 0 bridgehead atoms. The van der Waals surface area contributed by atoms with E-state index in [-0.39, 0.29) is 5.91 Å². The largest absolute Gasteiger partial charge is 0.293 e. The van der Waals surface area contributed by atoms with Gasteiger partial charge in [0.1, 0.15) is 4.32 Å². The molecular formula is C25H25N3OS3. The van der Waals surface area contributed by atoms with Crippen molar-refractivity contribution < 1.29 is 4.79 Å². The second-order valence-corrected chi connectivity index (χ2v) is 10.4. The number of carbonyl (C=O) groups excluding carboxylic acids is 1. The summed E-state index contributed by atoms with van der Waals surface area (Å²) in [5.74, 6) is 1.02. The number of hydrogen-bond donors (Lipinski definition) is 0. The van der Waals surface area contributed by atoms with Crippen LogP contribution in [0.25, 0.3) is 23.0 Å². The van der Waals surface area contributed by atoms with Crippen LogP contribution in [0.4, 0.5) is 0 Å². The molecule has 0 radical (unpaired) electrons. The highest BCUT2D eigenvalue weighted by atomic mass is 32.2. The molecule has 1 aromatic heterocycles. The molecule has 4 rings (SSSR count). The van der Waals surface area contributed by atoms with E-state index in [2.05, 4.69) is 38.1 Å². The van der Waals surface area contributed by atoms with Crippen LogP contribution in [-0.2, 0) is 4.79 Å². The van der Waals surface area contributed by atoms with Crippen LogP contribution in [-0.4, -0.2) is 37.2 Å². The van der Waals surface area contributed by atoms with Gasteiger partial charge in [-0.2, -0.15) is 5.10 Å². The Hall–Kier alpha value is -2.35. The number of aromatic nitrogens is 2. The van der Waals surface area contributed by atoms with E-state index >= 15 is 0 Å². The number of thiocarbonyl (C=S) groups is 1. The van der Waals surface area contributed by atoms with Crippen molar-refractivity contribution in [2.24, 2.45) is 0 Å². The van der Waals surface area contributed by atoms with Gasteiger partial charge < -0.3 is 0 Å². The summed E-state index contributed by atoms with van der Waals surface area (Å²) in [5.41, 5.74) is 3.75. The average molecular weight is 480 g/mol. The van der Waals surface area contributed by atoms with Gasteiger partial charge in [0.15, 0.2) is 0 Å². The summed E-state index contributed by atoms with van der Waals surface area (Å²) in [7, 11) is 0. The first-order chi connectivity index (χ1) is 15.6. The minimum atomic E-state index is -0.0124. The van der Waals surface area contributed by atoms with Crippen molar-refractivity contribution in [2.75, 3.05) is 12.3 Å². The molecule has 3 aromatic rings. The highest BCUT2D eigenvalue weighted by molar-refractivity contribution is 8.26. The summed E-state index contributed by atoms with van der Waals surface area (Å²) in [6.45, 7) is 4.93. The van der Waals surface area contributed by atoms with Crippen molar-refractivity contribution in [3.8, 4) is 16.9 Å². The third-order valence-electron chi connectivity index (χ3n) is 5.10. The molecule has 2 heterocycles. The van der Waals surface area contributed by atoms with Crippen LogP contribution in [0.2, 0.25) is 0 Å². The summed E-state index contributed by atoms with van der Waals surface area (Å²) in [6.07, 6.45) is 5.88. The fourth-order valence-electron chi connectivity index (χ4n) is 3.46. The van der Waals surface area contributed by atoms with Gasteiger partial charge in [0.2, 0.25) is 0 Å². The number of amides is 1. The van der Waals surface area contributed by atoms with Crippen molar-refractivity contribution >= 4 is 52.0 Å². The summed E-state index contributed by atoms with van der Waals surface area (Å²) >= 11 is 8.66. The highest BCUT2D eigenvalue weighted by Crippen LogP contribution is 2.35. The first-order valence-electron chi connectivity index (χ1n) is 10.7. The second-order valence-electron chi connectivity index (χ2n) is 7.36. The molecule has 32 heavy (non-hydrogen) atoms. The number of rotatable bonds is 8. The maximum absolute atomic E-state index is 13.0. The molecule has 1 aliphatic rings. The van der Waals surface area contributed by atoms with E-state index in [1.165, 1.54) is 16.7 Å². The third-order valence-corrected chi connectivity index (χ3v) is 7.37. The zero-order valence-corrected chi connectivity index (χ0v) is 20.6. The molecule has 0 atom stereocenters. The van der Waals surface area contributed by atoms with Gasteiger partial charge in [-0.15, -0.1) is 11.8 Å². The number of unbranched alkanes of at least 4 members (excludes halogenated alkanes) is 1. The third kappa shape index (κ3) is 5.00.